The molecule has 3 rings (SSSR count). The van der Waals surface area contributed by atoms with Crippen LogP contribution in [0, 0.1) is 12.3 Å². The number of aryl methyl sites for hydroxylation is 1. The van der Waals surface area contributed by atoms with Crippen LogP contribution in [0.25, 0.3) is 10.6 Å². The first kappa shape index (κ1) is 16.6. The van der Waals surface area contributed by atoms with Crippen LogP contribution in [0.3, 0.4) is 0 Å². The van der Waals surface area contributed by atoms with Crippen LogP contribution in [0.2, 0.25) is 0 Å². The first-order valence-corrected chi connectivity index (χ1v) is 8.78. The summed E-state index contributed by atoms with van der Waals surface area (Å²) in [6.07, 6.45) is 0. The van der Waals surface area contributed by atoms with Gasteiger partial charge in [0.1, 0.15) is 5.01 Å². The molecule has 2 heterocycles. The van der Waals surface area contributed by atoms with Gasteiger partial charge in [0.25, 0.3) is 0 Å². The molecule has 1 saturated heterocycles. The van der Waals surface area contributed by atoms with Gasteiger partial charge in [-0.15, -0.1) is 11.3 Å². The van der Waals surface area contributed by atoms with Crippen molar-refractivity contribution in [2.45, 2.75) is 19.9 Å². The van der Waals surface area contributed by atoms with E-state index in [0.29, 0.717) is 13.2 Å². The van der Waals surface area contributed by atoms with E-state index in [1.165, 1.54) is 10.4 Å². The lowest BCUT2D eigenvalue weighted by Gasteiger charge is -2.43. The van der Waals surface area contributed by atoms with Gasteiger partial charge in [-0.2, -0.15) is 0 Å². The molecule has 2 aromatic rings. The van der Waals surface area contributed by atoms with Crippen molar-refractivity contribution in [2.24, 2.45) is 5.41 Å². The number of aliphatic hydroxyl groups excluding tert-OH is 1. The fourth-order valence-electron chi connectivity index (χ4n) is 2.99. The average molecular weight is 332 g/mol. The molecule has 1 aromatic heterocycles. The Bertz CT molecular complexity index is 647. The van der Waals surface area contributed by atoms with Crippen LogP contribution in [0.4, 0.5) is 0 Å². The van der Waals surface area contributed by atoms with E-state index in [4.69, 9.17) is 9.72 Å². The molecule has 1 aliphatic heterocycles. The minimum atomic E-state index is -0.0934. The van der Waals surface area contributed by atoms with E-state index >= 15 is 0 Å². The average Bonchev–Trinajstić information content (AvgIpc) is 2.92. The minimum absolute atomic E-state index is 0.0934. The lowest BCUT2D eigenvalue weighted by Crippen LogP contribution is -2.52. The van der Waals surface area contributed by atoms with Crippen molar-refractivity contribution in [1.29, 1.82) is 0 Å². The van der Waals surface area contributed by atoms with Crippen LogP contribution in [-0.4, -0.2) is 48.4 Å². The van der Waals surface area contributed by atoms with Crippen molar-refractivity contribution in [2.75, 3.05) is 33.4 Å². The SMILES string of the molecule is Cc1nc(-c2ccccc2)sc1C(C)N(C)CC1(CO)COC1. The lowest BCUT2D eigenvalue weighted by atomic mass is 9.86. The fraction of sp³-hybridized carbons (Fsp3) is 0.500. The zero-order valence-electron chi connectivity index (χ0n) is 14.0. The van der Waals surface area contributed by atoms with Gasteiger partial charge in [0.2, 0.25) is 0 Å². The standard InChI is InChI=1S/C18H24N2O2S/c1-13-16(23-17(19-13)15-7-5-4-6-8-15)14(2)20(3)9-18(10-21)11-22-12-18/h4-8,14,21H,9-12H2,1-3H3. The molecule has 0 radical (unpaired) electrons. The molecule has 1 aliphatic rings. The summed E-state index contributed by atoms with van der Waals surface area (Å²) >= 11 is 1.76. The van der Waals surface area contributed by atoms with Gasteiger partial charge in [-0.25, -0.2) is 4.98 Å². The third-order valence-corrected chi connectivity index (χ3v) is 6.01. The number of aliphatic hydroxyl groups is 1. The van der Waals surface area contributed by atoms with Gasteiger partial charge in [0.05, 0.1) is 30.9 Å². The van der Waals surface area contributed by atoms with Gasteiger partial charge in [0.15, 0.2) is 0 Å². The number of benzene rings is 1. The second-order valence-electron chi connectivity index (χ2n) is 6.58. The van der Waals surface area contributed by atoms with Crippen molar-refractivity contribution in [3.05, 3.63) is 40.9 Å². The van der Waals surface area contributed by atoms with Crippen LogP contribution in [0.15, 0.2) is 30.3 Å². The number of aromatic nitrogens is 1. The zero-order valence-corrected chi connectivity index (χ0v) is 14.8. The highest BCUT2D eigenvalue weighted by Gasteiger charge is 2.40. The van der Waals surface area contributed by atoms with Gasteiger partial charge in [-0.05, 0) is 20.9 Å². The number of rotatable bonds is 6. The molecule has 1 atom stereocenters. The third-order valence-electron chi connectivity index (χ3n) is 4.63. The first-order valence-electron chi connectivity index (χ1n) is 7.96. The van der Waals surface area contributed by atoms with Crippen LogP contribution >= 0.6 is 11.3 Å². The third kappa shape index (κ3) is 3.33. The van der Waals surface area contributed by atoms with Gasteiger partial charge in [0, 0.05) is 23.0 Å². The topological polar surface area (TPSA) is 45.6 Å². The van der Waals surface area contributed by atoms with E-state index in [9.17, 15) is 5.11 Å². The Morgan fingerprint density at radius 2 is 2.04 bits per heavy atom. The normalized spacial score (nSPS) is 18.0. The molecule has 0 aliphatic carbocycles. The Morgan fingerprint density at radius 3 is 2.61 bits per heavy atom. The molecule has 5 heteroatoms. The smallest absolute Gasteiger partial charge is 0.123 e. The largest absolute Gasteiger partial charge is 0.396 e. The molecule has 1 N–H and O–H groups in total. The summed E-state index contributed by atoms with van der Waals surface area (Å²) in [5, 5.41) is 10.7. The van der Waals surface area contributed by atoms with E-state index in [0.717, 1.165) is 17.2 Å². The van der Waals surface area contributed by atoms with E-state index in [-0.39, 0.29) is 18.1 Å². The maximum absolute atomic E-state index is 9.63. The number of ether oxygens (including phenoxy) is 1. The summed E-state index contributed by atoms with van der Waals surface area (Å²) in [5.41, 5.74) is 2.17. The molecule has 23 heavy (non-hydrogen) atoms. The summed E-state index contributed by atoms with van der Waals surface area (Å²) in [6.45, 7) is 6.61. The number of hydrogen-bond acceptors (Lipinski definition) is 5. The Kier molecular flexibility index (Phi) is 4.82. The number of thiazole rings is 1. The first-order chi connectivity index (χ1) is 11.0. The molecule has 4 nitrogen and oxygen atoms in total. The maximum Gasteiger partial charge on any atom is 0.123 e. The molecule has 0 saturated carbocycles. The van der Waals surface area contributed by atoms with Crippen LogP contribution in [0.1, 0.15) is 23.5 Å². The number of nitrogens with zero attached hydrogens (tertiary/aromatic N) is 2. The Hall–Kier alpha value is -1.27. The molecule has 0 amide bonds. The van der Waals surface area contributed by atoms with E-state index < -0.39 is 0 Å². The molecule has 1 unspecified atom stereocenters. The second kappa shape index (κ2) is 6.69. The summed E-state index contributed by atoms with van der Waals surface area (Å²) in [5.74, 6) is 0. The predicted molar refractivity (Wildman–Crippen MR) is 93.7 cm³/mol. The van der Waals surface area contributed by atoms with Gasteiger partial charge in [-0.1, -0.05) is 30.3 Å². The minimum Gasteiger partial charge on any atom is -0.396 e. The maximum atomic E-state index is 9.63. The Labute approximate surface area is 141 Å². The monoisotopic (exact) mass is 332 g/mol. The number of hydrogen-bond donors (Lipinski definition) is 1. The van der Waals surface area contributed by atoms with Crippen LogP contribution < -0.4 is 0 Å². The van der Waals surface area contributed by atoms with Gasteiger partial charge < -0.3 is 9.84 Å². The molecule has 0 bridgehead atoms. The van der Waals surface area contributed by atoms with Gasteiger partial charge in [-0.3, -0.25) is 4.90 Å². The highest BCUT2D eigenvalue weighted by Crippen LogP contribution is 2.36. The van der Waals surface area contributed by atoms with E-state index in [1.807, 2.05) is 18.2 Å². The van der Waals surface area contributed by atoms with Crippen molar-refractivity contribution in [1.82, 2.24) is 9.88 Å². The quantitative estimate of drug-likeness (QED) is 0.883. The summed E-state index contributed by atoms with van der Waals surface area (Å²) < 4.78 is 5.30. The van der Waals surface area contributed by atoms with E-state index in [2.05, 4.69) is 37.9 Å². The fourth-order valence-corrected chi connectivity index (χ4v) is 4.18. The molecular formula is C18H24N2O2S. The second-order valence-corrected chi connectivity index (χ2v) is 7.61. The highest BCUT2D eigenvalue weighted by atomic mass is 32.1. The molecule has 1 aromatic carbocycles. The summed E-state index contributed by atoms with van der Waals surface area (Å²) in [7, 11) is 2.11. The lowest BCUT2D eigenvalue weighted by molar-refractivity contribution is -0.149. The predicted octanol–water partition coefficient (Wildman–Crippen LogP) is 3.12. The van der Waals surface area contributed by atoms with E-state index in [1.54, 1.807) is 11.3 Å². The van der Waals surface area contributed by atoms with Crippen molar-refractivity contribution in [3.8, 4) is 10.6 Å². The van der Waals surface area contributed by atoms with Crippen molar-refractivity contribution in [3.63, 3.8) is 0 Å². The van der Waals surface area contributed by atoms with Crippen LogP contribution in [-0.2, 0) is 4.74 Å². The highest BCUT2D eigenvalue weighted by molar-refractivity contribution is 7.15. The zero-order chi connectivity index (χ0) is 16.4. The Balaban J connectivity index is 1.77. The van der Waals surface area contributed by atoms with Crippen molar-refractivity contribution >= 4 is 11.3 Å². The molecular weight excluding hydrogens is 308 g/mol. The summed E-state index contributed by atoms with van der Waals surface area (Å²) in [6, 6.07) is 10.6. The molecule has 1 fully saturated rings. The summed E-state index contributed by atoms with van der Waals surface area (Å²) in [4.78, 5) is 8.34. The van der Waals surface area contributed by atoms with Crippen molar-refractivity contribution < 1.29 is 9.84 Å². The molecule has 124 valence electrons. The Morgan fingerprint density at radius 1 is 1.35 bits per heavy atom. The van der Waals surface area contributed by atoms with Gasteiger partial charge >= 0.3 is 0 Å². The van der Waals surface area contributed by atoms with Crippen LogP contribution in [0.5, 0.6) is 0 Å². The molecule has 0 spiro atoms.